The Bertz CT molecular complexity index is 629. The maximum Gasteiger partial charge on any atom is 0.270 e. The van der Waals surface area contributed by atoms with Gasteiger partial charge in [0, 0.05) is 36.6 Å². The molecule has 0 aliphatic heterocycles. The van der Waals surface area contributed by atoms with E-state index in [1.807, 2.05) is 30.1 Å². The molecule has 1 aromatic heterocycles. The third-order valence-corrected chi connectivity index (χ3v) is 2.89. The van der Waals surface area contributed by atoms with Crippen molar-refractivity contribution in [2.45, 2.75) is 6.54 Å². The van der Waals surface area contributed by atoms with Gasteiger partial charge in [-0.1, -0.05) is 6.07 Å². The highest BCUT2D eigenvalue weighted by Crippen LogP contribution is 2.24. The molecule has 0 saturated carbocycles. The van der Waals surface area contributed by atoms with Gasteiger partial charge in [-0.05, 0) is 18.2 Å². The molecule has 0 fully saturated rings. The molecule has 1 aromatic carbocycles. The van der Waals surface area contributed by atoms with Gasteiger partial charge in [0.05, 0.1) is 17.2 Å². The number of non-ortho nitro benzene ring substituents is 1. The fourth-order valence-electron chi connectivity index (χ4n) is 1.92. The molecule has 0 radical (unpaired) electrons. The Kier molecular flexibility index (Phi) is 4.05. The highest BCUT2D eigenvalue weighted by atomic mass is 16.6. The largest absolute Gasteiger partial charge is 0.368 e. The van der Waals surface area contributed by atoms with Gasteiger partial charge >= 0.3 is 0 Å². The van der Waals surface area contributed by atoms with Crippen LogP contribution in [0.3, 0.4) is 0 Å². The minimum Gasteiger partial charge on any atom is -0.368 e. The van der Waals surface area contributed by atoms with Crippen molar-refractivity contribution in [3.8, 4) is 0 Å². The summed E-state index contributed by atoms with van der Waals surface area (Å²) in [6.45, 7) is 0.513. The summed E-state index contributed by atoms with van der Waals surface area (Å²) in [4.78, 5) is 27.3. The van der Waals surface area contributed by atoms with Crippen LogP contribution in [0.1, 0.15) is 16.1 Å². The SMILES string of the molecule is CN(Cc1ccccn1)c1ccc([N+](=O)[O-])cc1C=O. The van der Waals surface area contributed by atoms with E-state index in [4.69, 9.17) is 0 Å². The third kappa shape index (κ3) is 2.97. The van der Waals surface area contributed by atoms with Crippen molar-refractivity contribution in [1.29, 1.82) is 0 Å². The Morgan fingerprint density at radius 3 is 2.75 bits per heavy atom. The first-order valence-corrected chi connectivity index (χ1v) is 5.96. The summed E-state index contributed by atoms with van der Waals surface area (Å²) in [6.07, 6.45) is 2.32. The molecule has 1 heterocycles. The molecule has 20 heavy (non-hydrogen) atoms. The summed E-state index contributed by atoms with van der Waals surface area (Å²) in [5, 5.41) is 10.7. The molecular formula is C14H13N3O3. The normalized spacial score (nSPS) is 10.1. The van der Waals surface area contributed by atoms with Gasteiger partial charge in [-0.2, -0.15) is 0 Å². The van der Waals surface area contributed by atoms with Gasteiger partial charge in [0.1, 0.15) is 0 Å². The highest BCUT2D eigenvalue weighted by Gasteiger charge is 2.13. The molecule has 2 aromatic rings. The van der Waals surface area contributed by atoms with Gasteiger partial charge in [0.2, 0.25) is 0 Å². The van der Waals surface area contributed by atoms with E-state index in [0.29, 0.717) is 18.5 Å². The Balaban J connectivity index is 2.27. The number of carbonyl (C=O) groups excluding carboxylic acids is 1. The monoisotopic (exact) mass is 271 g/mol. The van der Waals surface area contributed by atoms with Gasteiger partial charge in [0.25, 0.3) is 5.69 Å². The standard InChI is InChI=1S/C14H13N3O3/c1-16(9-12-4-2-3-7-15-12)14-6-5-13(17(19)20)8-11(14)10-18/h2-8,10H,9H2,1H3. The smallest absolute Gasteiger partial charge is 0.270 e. The van der Waals surface area contributed by atoms with Gasteiger partial charge in [-0.3, -0.25) is 19.9 Å². The summed E-state index contributed by atoms with van der Waals surface area (Å²) in [6, 6.07) is 9.82. The average Bonchev–Trinajstić information content (AvgIpc) is 2.47. The van der Waals surface area contributed by atoms with Crippen LogP contribution in [0.4, 0.5) is 11.4 Å². The van der Waals surface area contributed by atoms with E-state index in [9.17, 15) is 14.9 Å². The third-order valence-electron chi connectivity index (χ3n) is 2.89. The number of benzene rings is 1. The van der Waals surface area contributed by atoms with E-state index in [1.54, 1.807) is 12.3 Å². The first kappa shape index (κ1) is 13.7. The second kappa shape index (κ2) is 5.92. The van der Waals surface area contributed by atoms with Crippen LogP contribution in [0.2, 0.25) is 0 Å². The molecule has 0 amide bonds. The van der Waals surface area contributed by atoms with Crippen molar-refractivity contribution >= 4 is 17.7 Å². The molecule has 0 spiro atoms. The number of nitro groups is 1. The Labute approximate surface area is 115 Å². The quantitative estimate of drug-likeness (QED) is 0.474. The van der Waals surface area contributed by atoms with Crippen LogP contribution in [0.15, 0.2) is 42.6 Å². The number of hydrogen-bond acceptors (Lipinski definition) is 5. The number of anilines is 1. The molecule has 0 aliphatic carbocycles. The summed E-state index contributed by atoms with van der Waals surface area (Å²) in [7, 11) is 1.81. The van der Waals surface area contributed by atoms with Crippen molar-refractivity contribution in [3.63, 3.8) is 0 Å². The maximum atomic E-state index is 11.1. The predicted molar refractivity (Wildman–Crippen MR) is 74.8 cm³/mol. The highest BCUT2D eigenvalue weighted by molar-refractivity contribution is 5.85. The van der Waals surface area contributed by atoms with Crippen LogP contribution in [0.5, 0.6) is 0 Å². The molecule has 0 N–H and O–H groups in total. The number of carbonyl (C=O) groups is 1. The second-order valence-electron chi connectivity index (χ2n) is 4.30. The molecular weight excluding hydrogens is 258 g/mol. The number of hydrogen-bond donors (Lipinski definition) is 0. The zero-order valence-electron chi connectivity index (χ0n) is 10.9. The first-order valence-electron chi connectivity index (χ1n) is 5.96. The zero-order valence-corrected chi connectivity index (χ0v) is 10.9. The molecule has 0 aliphatic rings. The van der Waals surface area contributed by atoms with E-state index in [2.05, 4.69) is 4.98 Å². The predicted octanol–water partition coefficient (Wildman–Crippen LogP) is 2.44. The number of rotatable bonds is 5. The average molecular weight is 271 g/mol. The van der Waals surface area contributed by atoms with Crippen molar-refractivity contribution < 1.29 is 9.72 Å². The fraction of sp³-hybridized carbons (Fsp3) is 0.143. The van der Waals surface area contributed by atoms with Crippen LogP contribution >= 0.6 is 0 Å². The van der Waals surface area contributed by atoms with Gasteiger partial charge in [0.15, 0.2) is 6.29 Å². The number of aldehydes is 1. The molecule has 0 unspecified atom stereocenters. The summed E-state index contributed by atoms with van der Waals surface area (Å²) in [5.74, 6) is 0. The Morgan fingerprint density at radius 2 is 2.15 bits per heavy atom. The lowest BCUT2D eigenvalue weighted by Crippen LogP contribution is -2.18. The lowest BCUT2D eigenvalue weighted by molar-refractivity contribution is -0.384. The van der Waals surface area contributed by atoms with Gasteiger partial charge in [-0.25, -0.2) is 0 Å². The summed E-state index contributed by atoms with van der Waals surface area (Å²) < 4.78 is 0. The lowest BCUT2D eigenvalue weighted by Gasteiger charge is -2.20. The topological polar surface area (TPSA) is 76.3 Å². The first-order chi connectivity index (χ1) is 9.61. The van der Waals surface area contributed by atoms with E-state index >= 15 is 0 Å². The zero-order chi connectivity index (χ0) is 14.5. The number of aromatic nitrogens is 1. The molecule has 0 bridgehead atoms. The molecule has 6 heteroatoms. The molecule has 102 valence electrons. The Morgan fingerprint density at radius 1 is 1.35 bits per heavy atom. The van der Waals surface area contributed by atoms with E-state index in [-0.39, 0.29) is 11.3 Å². The maximum absolute atomic E-state index is 11.1. The minimum absolute atomic E-state index is 0.0953. The van der Waals surface area contributed by atoms with E-state index in [0.717, 1.165) is 5.69 Å². The minimum atomic E-state index is -0.518. The van der Waals surface area contributed by atoms with Crippen LogP contribution in [0.25, 0.3) is 0 Å². The van der Waals surface area contributed by atoms with Gasteiger partial charge < -0.3 is 4.90 Å². The fourth-order valence-corrected chi connectivity index (χ4v) is 1.92. The van der Waals surface area contributed by atoms with Crippen molar-refractivity contribution in [3.05, 3.63) is 64.0 Å². The van der Waals surface area contributed by atoms with Crippen molar-refractivity contribution in [2.24, 2.45) is 0 Å². The van der Waals surface area contributed by atoms with Crippen LogP contribution in [-0.2, 0) is 6.54 Å². The van der Waals surface area contributed by atoms with Crippen LogP contribution < -0.4 is 4.90 Å². The van der Waals surface area contributed by atoms with Crippen molar-refractivity contribution in [2.75, 3.05) is 11.9 Å². The molecule has 0 saturated heterocycles. The van der Waals surface area contributed by atoms with E-state index in [1.165, 1.54) is 12.1 Å². The van der Waals surface area contributed by atoms with Gasteiger partial charge in [-0.15, -0.1) is 0 Å². The van der Waals surface area contributed by atoms with Crippen LogP contribution in [-0.4, -0.2) is 23.2 Å². The number of nitro benzene ring substituents is 1. The molecule has 2 rings (SSSR count). The molecule has 0 atom stereocenters. The van der Waals surface area contributed by atoms with E-state index < -0.39 is 4.92 Å². The lowest BCUT2D eigenvalue weighted by atomic mass is 10.1. The number of pyridine rings is 1. The second-order valence-corrected chi connectivity index (χ2v) is 4.30. The van der Waals surface area contributed by atoms with Crippen molar-refractivity contribution in [1.82, 2.24) is 4.98 Å². The Hall–Kier alpha value is -2.76. The molecule has 6 nitrogen and oxygen atoms in total. The summed E-state index contributed by atoms with van der Waals surface area (Å²) >= 11 is 0. The van der Waals surface area contributed by atoms with Crippen LogP contribution in [0, 0.1) is 10.1 Å². The number of nitrogens with zero attached hydrogens (tertiary/aromatic N) is 3. The summed E-state index contributed by atoms with van der Waals surface area (Å²) in [5.41, 5.74) is 1.68.